The summed E-state index contributed by atoms with van der Waals surface area (Å²) in [6, 6.07) is 23.1. The molecule has 3 nitrogen and oxygen atoms in total. The Kier molecular flexibility index (Phi) is 4.23. The summed E-state index contributed by atoms with van der Waals surface area (Å²) in [6.45, 7) is 10.8. The number of carbonyl (C=O) groups is 1. The van der Waals surface area contributed by atoms with E-state index in [0.717, 1.165) is 23.4 Å². The van der Waals surface area contributed by atoms with Crippen LogP contribution in [0.15, 0.2) is 71.7 Å². The van der Waals surface area contributed by atoms with E-state index >= 15 is 0 Å². The molecule has 0 spiro atoms. The van der Waals surface area contributed by atoms with Gasteiger partial charge in [0.15, 0.2) is 0 Å². The molecule has 0 radical (unpaired) electrons. The molecule has 0 bridgehead atoms. The average Bonchev–Trinajstić information content (AvgIpc) is 3.02. The number of rotatable bonds is 2. The second-order valence-electron chi connectivity index (χ2n) is 9.76. The van der Waals surface area contributed by atoms with Gasteiger partial charge in [-0.1, -0.05) is 61.5 Å². The van der Waals surface area contributed by atoms with Crippen LogP contribution in [0.1, 0.15) is 55.0 Å². The first-order valence-electron chi connectivity index (χ1n) is 10.9. The molecule has 0 N–H and O–H groups in total. The third kappa shape index (κ3) is 2.87. The van der Waals surface area contributed by atoms with Gasteiger partial charge in [0.05, 0.1) is 11.4 Å². The van der Waals surface area contributed by atoms with Crippen molar-refractivity contribution in [1.29, 1.82) is 0 Å². The molecule has 0 aromatic heterocycles. The fourth-order valence-electron chi connectivity index (χ4n) is 5.46. The standard InChI is InChI=1S/C28H28N2O/c1-18-14-15-21(16-19(18)2)29-24-22-12-9-13-23-25(22)30(26(24)31)27(3,4)17-28(23,5)20-10-7-6-8-11-20/h6-16H,17H2,1-5H3/t28-/m1/s1. The Bertz CT molecular complexity index is 1240. The zero-order valence-electron chi connectivity index (χ0n) is 18.9. The van der Waals surface area contributed by atoms with Crippen LogP contribution in [0, 0.1) is 13.8 Å². The molecule has 0 saturated carbocycles. The van der Waals surface area contributed by atoms with Gasteiger partial charge in [-0.05, 0) is 68.5 Å². The lowest BCUT2D eigenvalue weighted by atomic mass is 9.65. The maximum Gasteiger partial charge on any atom is 0.278 e. The van der Waals surface area contributed by atoms with Gasteiger partial charge in [0.2, 0.25) is 0 Å². The van der Waals surface area contributed by atoms with E-state index in [1.165, 1.54) is 22.3 Å². The van der Waals surface area contributed by atoms with Gasteiger partial charge in [-0.25, -0.2) is 4.99 Å². The highest BCUT2D eigenvalue weighted by atomic mass is 16.2. The Hall–Kier alpha value is -3.20. The number of aliphatic imine (C=N–C) groups is 1. The number of carbonyl (C=O) groups excluding carboxylic acids is 1. The van der Waals surface area contributed by atoms with E-state index in [0.29, 0.717) is 5.71 Å². The topological polar surface area (TPSA) is 32.7 Å². The molecule has 0 aliphatic carbocycles. The van der Waals surface area contributed by atoms with Crippen LogP contribution in [0.3, 0.4) is 0 Å². The zero-order valence-corrected chi connectivity index (χ0v) is 18.9. The van der Waals surface area contributed by atoms with Crippen molar-refractivity contribution in [2.75, 3.05) is 4.90 Å². The average molecular weight is 409 g/mol. The molecule has 0 saturated heterocycles. The van der Waals surface area contributed by atoms with Crippen molar-refractivity contribution in [2.45, 2.75) is 52.0 Å². The quantitative estimate of drug-likeness (QED) is 0.493. The third-order valence-corrected chi connectivity index (χ3v) is 7.05. The minimum atomic E-state index is -0.328. The lowest BCUT2D eigenvalue weighted by Gasteiger charge is -2.49. The molecule has 2 heterocycles. The molecule has 31 heavy (non-hydrogen) atoms. The van der Waals surface area contributed by atoms with E-state index in [4.69, 9.17) is 4.99 Å². The van der Waals surface area contributed by atoms with Crippen LogP contribution in [-0.4, -0.2) is 17.2 Å². The molecule has 1 amide bonds. The summed E-state index contributed by atoms with van der Waals surface area (Å²) in [5.41, 5.74) is 7.72. The smallest absolute Gasteiger partial charge is 0.278 e. The van der Waals surface area contributed by atoms with Gasteiger partial charge in [0, 0.05) is 16.5 Å². The number of hydrogen-bond acceptors (Lipinski definition) is 2. The van der Waals surface area contributed by atoms with Crippen LogP contribution < -0.4 is 4.90 Å². The molecular weight excluding hydrogens is 380 g/mol. The Morgan fingerprint density at radius 3 is 2.32 bits per heavy atom. The van der Waals surface area contributed by atoms with Gasteiger partial charge in [-0.15, -0.1) is 0 Å². The fourth-order valence-corrected chi connectivity index (χ4v) is 5.46. The van der Waals surface area contributed by atoms with Crippen molar-refractivity contribution in [2.24, 2.45) is 4.99 Å². The van der Waals surface area contributed by atoms with E-state index in [9.17, 15) is 4.79 Å². The Morgan fingerprint density at radius 2 is 1.61 bits per heavy atom. The predicted molar refractivity (Wildman–Crippen MR) is 128 cm³/mol. The summed E-state index contributed by atoms with van der Waals surface area (Å²) in [5, 5.41) is 0. The number of benzene rings is 3. The fraction of sp³-hybridized carbons (Fsp3) is 0.286. The summed E-state index contributed by atoms with van der Waals surface area (Å²) in [4.78, 5) is 20.5. The van der Waals surface area contributed by atoms with Crippen LogP contribution in [0.4, 0.5) is 11.4 Å². The van der Waals surface area contributed by atoms with Gasteiger partial charge < -0.3 is 4.90 Å². The summed E-state index contributed by atoms with van der Waals surface area (Å²) in [6.07, 6.45) is 0.850. The van der Waals surface area contributed by atoms with E-state index < -0.39 is 0 Å². The van der Waals surface area contributed by atoms with Crippen molar-refractivity contribution < 1.29 is 4.79 Å². The van der Waals surface area contributed by atoms with E-state index in [-0.39, 0.29) is 16.9 Å². The molecule has 156 valence electrons. The Balaban J connectivity index is 1.74. The van der Waals surface area contributed by atoms with Crippen molar-refractivity contribution in [3.63, 3.8) is 0 Å². The number of hydrogen-bond donors (Lipinski definition) is 0. The summed E-state index contributed by atoms with van der Waals surface area (Å²) < 4.78 is 0. The normalized spacial score (nSPS) is 22.7. The highest BCUT2D eigenvalue weighted by Crippen LogP contribution is 2.54. The van der Waals surface area contributed by atoms with Crippen molar-refractivity contribution in [1.82, 2.24) is 0 Å². The maximum absolute atomic E-state index is 13.7. The molecular formula is C28H28N2O. The second-order valence-corrected chi connectivity index (χ2v) is 9.76. The second kappa shape index (κ2) is 6.65. The number of aryl methyl sites for hydroxylation is 2. The zero-order chi connectivity index (χ0) is 22.0. The first-order valence-corrected chi connectivity index (χ1v) is 10.9. The molecule has 5 rings (SSSR count). The number of para-hydroxylation sites is 1. The predicted octanol–water partition coefficient (Wildman–Crippen LogP) is 6.26. The molecule has 1 atom stereocenters. The molecule has 2 aliphatic heterocycles. The molecule has 3 aromatic rings. The van der Waals surface area contributed by atoms with Gasteiger partial charge in [0.25, 0.3) is 5.91 Å². The van der Waals surface area contributed by atoms with Crippen LogP contribution in [0.25, 0.3) is 0 Å². The lowest BCUT2D eigenvalue weighted by molar-refractivity contribution is -0.113. The number of amides is 1. The molecule has 3 heteroatoms. The highest BCUT2D eigenvalue weighted by molar-refractivity contribution is 6.55. The van der Waals surface area contributed by atoms with E-state index in [1.807, 2.05) is 17.0 Å². The van der Waals surface area contributed by atoms with E-state index in [2.05, 4.69) is 89.2 Å². The van der Waals surface area contributed by atoms with Gasteiger partial charge in [-0.2, -0.15) is 0 Å². The molecule has 3 aromatic carbocycles. The Labute approximate surface area is 184 Å². The maximum atomic E-state index is 13.7. The Morgan fingerprint density at radius 1 is 0.871 bits per heavy atom. The third-order valence-electron chi connectivity index (χ3n) is 7.05. The molecule has 0 fully saturated rings. The summed E-state index contributed by atoms with van der Waals surface area (Å²) in [5.74, 6) is 0.000731. The largest absolute Gasteiger partial charge is 0.300 e. The first kappa shape index (κ1) is 19.7. The number of anilines is 1. The molecule has 0 unspecified atom stereocenters. The van der Waals surface area contributed by atoms with Crippen LogP contribution in [-0.2, 0) is 10.2 Å². The summed E-state index contributed by atoms with van der Waals surface area (Å²) in [7, 11) is 0. The van der Waals surface area contributed by atoms with Crippen molar-refractivity contribution >= 4 is 23.0 Å². The first-order chi connectivity index (χ1) is 14.7. The van der Waals surface area contributed by atoms with E-state index in [1.54, 1.807) is 0 Å². The van der Waals surface area contributed by atoms with Crippen LogP contribution in [0.5, 0.6) is 0 Å². The van der Waals surface area contributed by atoms with Gasteiger partial charge in [-0.3, -0.25) is 4.79 Å². The monoisotopic (exact) mass is 408 g/mol. The van der Waals surface area contributed by atoms with Crippen LogP contribution >= 0.6 is 0 Å². The number of nitrogens with zero attached hydrogens (tertiary/aromatic N) is 2. The SMILES string of the molecule is Cc1ccc(N=C2C(=O)N3c4c2cccc4[C@@](C)(c2ccccc2)CC3(C)C)cc1C. The lowest BCUT2D eigenvalue weighted by Crippen LogP contribution is -2.54. The minimum Gasteiger partial charge on any atom is -0.300 e. The van der Waals surface area contributed by atoms with Crippen molar-refractivity contribution in [3.8, 4) is 0 Å². The van der Waals surface area contributed by atoms with Gasteiger partial charge in [0.1, 0.15) is 5.71 Å². The van der Waals surface area contributed by atoms with Gasteiger partial charge >= 0.3 is 0 Å². The highest BCUT2D eigenvalue weighted by Gasteiger charge is 2.52. The minimum absolute atomic E-state index is 0.000731. The molecule has 2 aliphatic rings. The van der Waals surface area contributed by atoms with Crippen molar-refractivity contribution in [3.05, 3.63) is 94.5 Å². The summed E-state index contributed by atoms with van der Waals surface area (Å²) >= 11 is 0. The van der Waals surface area contributed by atoms with Crippen LogP contribution in [0.2, 0.25) is 0 Å².